The number of benzene rings is 2. The molecule has 0 saturated heterocycles. The molecule has 0 aliphatic carbocycles. The summed E-state index contributed by atoms with van der Waals surface area (Å²) in [4.78, 5) is 0. The van der Waals surface area contributed by atoms with Crippen LogP contribution in [0.15, 0.2) is 36.4 Å². The maximum Gasteiger partial charge on any atom is 0.174 e. The largest absolute Gasteiger partial charge is 0.492 e. The van der Waals surface area contributed by atoms with Crippen LogP contribution in [-0.2, 0) is 0 Å². The predicted octanol–water partition coefficient (Wildman–Crippen LogP) is 5.07. The Balaban J connectivity index is 2.48. The fraction of sp³-hybridized carbons (Fsp3) is 0.211. The number of aryl methyl sites for hydroxylation is 1. The lowest BCUT2D eigenvalue weighted by Crippen LogP contribution is -1.98. The molecule has 2 rings (SSSR count). The summed E-state index contributed by atoms with van der Waals surface area (Å²) in [5, 5.41) is 9.48. The second kappa shape index (κ2) is 8.02. The first-order valence-corrected chi connectivity index (χ1v) is 8.36. The molecule has 0 radical (unpaired) electrons. The Bertz CT molecular complexity index is 758. The molecule has 0 fully saturated rings. The summed E-state index contributed by atoms with van der Waals surface area (Å²) in [6.07, 6.45) is 1.87. The molecular weight excluding hydrogens is 401 g/mol. The van der Waals surface area contributed by atoms with Gasteiger partial charge in [0, 0.05) is 0 Å². The van der Waals surface area contributed by atoms with E-state index < -0.39 is 0 Å². The van der Waals surface area contributed by atoms with Crippen molar-refractivity contribution in [1.82, 2.24) is 0 Å². The van der Waals surface area contributed by atoms with Gasteiger partial charge in [-0.05, 0) is 65.8 Å². The van der Waals surface area contributed by atoms with Crippen LogP contribution in [0.4, 0.5) is 0 Å². The monoisotopic (exact) mass is 419 g/mol. The van der Waals surface area contributed by atoms with Crippen molar-refractivity contribution in [3.05, 3.63) is 56.7 Å². The highest BCUT2D eigenvalue weighted by atomic mass is 127. The minimum absolute atomic E-state index is 0.558. The van der Waals surface area contributed by atoms with Crippen molar-refractivity contribution in [1.29, 1.82) is 5.26 Å². The Morgan fingerprint density at radius 1 is 1.26 bits per heavy atom. The molecule has 0 aliphatic heterocycles. The number of hydrogen-bond donors (Lipinski definition) is 0. The molecule has 0 N–H and O–H groups in total. The quantitative estimate of drug-likeness (QED) is 0.386. The van der Waals surface area contributed by atoms with Crippen LogP contribution in [-0.4, -0.2) is 13.7 Å². The van der Waals surface area contributed by atoms with Crippen molar-refractivity contribution in [2.24, 2.45) is 0 Å². The summed E-state index contributed by atoms with van der Waals surface area (Å²) in [5.41, 5.74) is 3.61. The Labute approximate surface area is 150 Å². The van der Waals surface area contributed by atoms with Gasteiger partial charge in [-0.2, -0.15) is 5.26 Å². The van der Waals surface area contributed by atoms with Crippen molar-refractivity contribution in [2.45, 2.75) is 13.8 Å². The van der Waals surface area contributed by atoms with Gasteiger partial charge in [0.2, 0.25) is 0 Å². The highest BCUT2D eigenvalue weighted by Gasteiger charge is 2.11. The molecule has 0 spiro atoms. The lowest BCUT2D eigenvalue weighted by atomic mass is 10.0. The van der Waals surface area contributed by atoms with Crippen LogP contribution in [0.25, 0.3) is 11.6 Å². The minimum Gasteiger partial charge on any atom is -0.492 e. The maximum absolute atomic E-state index is 9.48. The fourth-order valence-electron chi connectivity index (χ4n) is 2.21. The first-order chi connectivity index (χ1) is 11.1. The van der Waals surface area contributed by atoms with Crippen LogP contribution in [0.1, 0.15) is 23.6 Å². The zero-order valence-corrected chi connectivity index (χ0v) is 15.5. The lowest BCUT2D eigenvalue weighted by molar-refractivity contribution is 0.309. The van der Waals surface area contributed by atoms with Gasteiger partial charge in [-0.15, -0.1) is 0 Å². The molecule has 118 valence electrons. The third kappa shape index (κ3) is 4.26. The Hall–Kier alpha value is -2.00. The van der Waals surface area contributed by atoms with Crippen LogP contribution >= 0.6 is 22.6 Å². The van der Waals surface area contributed by atoms with Gasteiger partial charge in [0.15, 0.2) is 11.5 Å². The second-order valence-electron chi connectivity index (χ2n) is 5.00. The van der Waals surface area contributed by atoms with Gasteiger partial charge in [-0.25, -0.2) is 0 Å². The Morgan fingerprint density at radius 3 is 2.52 bits per heavy atom. The summed E-state index contributed by atoms with van der Waals surface area (Å²) in [5.74, 6) is 1.41. The highest BCUT2D eigenvalue weighted by Crippen LogP contribution is 2.35. The van der Waals surface area contributed by atoms with Crippen molar-refractivity contribution in [3.63, 3.8) is 0 Å². The van der Waals surface area contributed by atoms with Gasteiger partial charge in [-0.3, -0.25) is 0 Å². The van der Waals surface area contributed by atoms with E-state index in [9.17, 15) is 5.26 Å². The molecule has 0 atom stereocenters. The van der Waals surface area contributed by atoms with Gasteiger partial charge in [0.1, 0.15) is 0 Å². The molecule has 0 saturated carbocycles. The number of nitriles is 1. The first kappa shape index (κ1) is 17.4. The number of ether oxygens (including phenoxy) is 2. The Morgan fingerprint density at radius 2 is 1.96 bits per heavy atom. The first-order valence-electron chi connectivity index (χ1n) is 7.28. The molecular formula is C19H18INO2. The van der Waals surface area contributed by atoms with Gasteiger partial charge < -0.3 is 9.47 Å². The number of halogens is 1. The van der Waals surface area contributed by atoms with Gasteiger partial charge in [0.25, 0.3) is 0 Å². The number of nitrogens with zero attached hydrogens (tertiary/aromatic N) is 1. The highest BCUT2D eigenvalue weighted by molar-refractivity contribution is 14.1. The van der Waals surface area contributed by atoms with Gasteiger partial charge in [-0.1, -0.05) is 29.8 Å². The third-order valence-corrected chi connectivity index (χ3v) is 4.13. The molecule has 2 aromatic carbocycles. The summed E-state index contributed by atoms with van der Waals surface area (Å²) >= 11 is 2.21. The maximum atomic E-state index is 9.48. The number of hydrogen-bond acceptors (Lipinski definition) is 3. The van der Waals surface area contributed by atoms with E-state index in [1.165, 1.54) is 5.56 Å². The molecule has 2 aromatic rings. The zero-order valence-electron chi connectivity index (χ0n) is 13.4. The minimum atomic E-state index is 0.558. The number of rotatable bonds is 5. The standard InChI is InChI=1S/C19H18INO2/c1-4-23-18-11-14(10-17(20)19(18)22-3)9-16(12-21)15-7-5-13(2)6-8-15/h5-11H,4H2,1-3H3/b16-9+. The molecule has 0 unspecified atom stereocenters. The number of methoxy groups -OCH3 is 1. The summed E-state index contributed by atoms with van der Waals surface area (Å²) in [6.45, 7) is 4.52. The van der Waals surface area contributed by atoms with Crippen LogP contribution in [0.3, 0.4) is 0 Å². The topological polar surface area (TPSA) is 42.2 Å². The van der Waals surface area contributed by atoms with Crippen LogP contribution in [0.2, 0.25) is 0 Å². The van der Waals surface area contributed by atoms with Crippen LogP contribution in [0.5, 0.6) is 11.5 Å². The van der Waals surface area contributed by atoms with Crippen molar-refractivity contribution >= 4 is 34.2 Å². The van der Waals surface area contributed by atoms with Crippen LogP contribution < -0.4 is 9.47 Å². The third-order valence-electron chi connectivity index (χ3n) is 3.33. The molecule has 3 nitrogen and oxygen atoms in total. The van der Waals surface area contributed by atoms with Crippen molar-refractivity contribution in [3.8, 4) is 17.6 Å². The van der Waals surface area contributed by atoms with E-state index in [-0.39, 0.29) is 0 Å². The summed E-state index contributed by atoms with van der Waals surface area (Å²) in [7, 11) is 1.63. The predicted molar refractivity (Wildman–Crippen MR) is 102 cm³/mol. The molecule has 0 aromatic heterocycles. The summed E-state index contributed by atoms with van der Waals surface area (Å²) in [6, 6.07) is 14.1. The van der Waals surface area contributed by atoms with E-state index in [1.54, 1.807) is 7.11 Å². The van der Waals surface area contributed by atoms with Gasteiger partial charge in [0.05, 0.1) is 28.9 Å². The van der Waals surface area contributed by atoms with E-state index in [2.05, 4.69) is 28.7 Å². The van der Waals surface area contributed by atoms with E-state index in [4.69, 9.17) is 9.47 Å². The molecule has 4 heteroatoms. The van der Waals surface area contributed by atoms with Crippen molar-refractivity contribution in [2.75, 3.05) is 13.7 Å². The molecule has 0 heterocycles. The zero-order chi connectivity index (χ0) is 16.8. The average Bonchev–Trinajstić information content (AvgIpc) is 2.54. The van der Waals surface area contributed by atoms with E-state index in [1.807, 2.05) is 56.3 Å². The Kier molecular flexibility index (Phi) is 6.05. The lowest BCUT2D eigenvalue weighted by Gasteiger charge is -2.12. The second-order valence-corrected chi connectivity index (χ2v) is 6.17. The fourth-order valence-corrected chi connectivity index (χ4v) is 3.06. The average molecular weight is 419 g/mol. The van der Waals surface area contributed by atoms with E-state index in [0.29, 0.717) is 17.9 Å². The SMILES string of the molecule is CCOc1cc(/C=C(\C#N)c2ccc(C)cc2)cc(I)c1OC. The molecule has 0 aliphatic rings. The molecule has 0 bridgehead atoms. The van der Waals surface area contributed by atoms with Crippen molar-refractivity contribution < 1.29 is 9.47 Å². The normalized spacial score (nSPS) is 11.0. The molecule has 23 heavy (non-hydrogen) atoms. The smallest absolute Gasteiger partial charge is 0.174 e. The van der Waals surface area contributed by atoms with Gasteiger partial charge >= 0.3 is 0 Å². The van der Waals surface area contributed by atoms with E-state index in [0.717, 1.165) is 20.4 Å². The molecule has 0 amide bonds. The van der Waals surface area contributed by atoms with E-state index >= 15 is 0 Å². The summed E-state index contributed by atoms with van der Waals surface area (Å²) < 4.78 is 12.0. The van der Waals surface area contributed by atoms with Crippen LogP contribution in [0, 0.1) is 21.8 Å². The number of allylic oxidation sites excluding steroid dienone is 1.